The highest BCUT2D eigenvalue weighted by Crippen LogP contribution is 2.32. The number of urea groups is 1. The Morgan fingerprint density at radius 3 is 2.57 bits per heavy atom. The third kappa shape index (κ3) is 4.63. The number of hydrogen-bond acceptors (Lipinski definition) is 5. The van der Waals surface area contributed by atoms with Gasteiger partial charge in [0, 0.05) is 5.70 Å². The number of esters is 1. The van der Waals surface area contributed by atoms with E-state index in [1.54, 1.807) is 37.3 Å². The second kappa shape index (κ2) is 8.85. The highest BCUT2D eigenvalue weighted by molar-refractivity contribution is 7.94. The van der Waals surface area contributed by atoms with Gasteiger partial charge >= 0.3 is 12.0 Å². The van der Waals surface area contributed by atoms with Gasteiger partial charge in [0.25, 0.3) is 0 Å². The number of hydrogen-bond donors (Lipinski definition) is 2. The van der Waals surface area contributed by atoms with Gasteiger partial charge in [-0.15, -0.1) is 0 Å². The molecule has 30 heavy (non-hydrogen) atoms. The average molecular weight is 453 g/mol. The van der Waals surface area contributed by atoms with E-state index in [0.29, 0.717) is 5.56 Å². The summed E-state index contributed by atoms with van der Waals surface area (Å²) in [5, 5.41) is 5.42. The molecule has 1 fully saturated rings. The van der Waals surface area contributed by atoms with Gasteiger partial charge in [-0.25, -0.2) is 17.6 Å². The molecule has 10 heteroatoms. The number of benzene rings is 2. The van der Waals surface area contributed by atoms with Crippen LogP contribution in [0, 0.1) is 11.7 Å². The summed E-state index contributed by atoms with van der Waals surface area (Å²) < 4.78 is 44.3. The highest BCUT2D eigenvalue weighted by Gasteiger charge is 2.40. The largest absolute Gasteiger partial charge is 0.465 e. The summed E-state index contributed by atoms with van der Waals surface area (Å²) in [4.78, 5) is 24.6. The van der Waals surface area contributed by atoms with Crippen molar-refractivity contribution in [1.29, 1.82) is 0 Å². The molecule has 1 heterocycles. The summed E-state index contributed by atoms with van der Waals surface area (Å²) in [5.41, 5.74) is 0.435. The lowest BCUT2D eigenvalue weighted by Gasteiger charge is -2.33. The Kier molecular flexibility index (Phi) is 6.42. The van der Waals surface area contributed by atoms with Crippen LogP contribution >= 0.6 is 11.6 Å². The van der Waals surface area contributed by atoms with E-state index in [9.17, 15) is 22.4 Å². The summed E-state index contributed by atoms with van der Waals surface area (Å²) in [7, 11) is -4.17. The first kappa shape index (κ1) is 21.8. The maximum absolute atomic E-state index is 13.4. The van der Waals surface area contributed by atoms with Crippen molar-refractivity contribution in [3.8, 4) is 0 Å². The predicted molar refractivity (Wildman–Crippen MR) is 108 cm³/mol. The Labute approximate surface area is 177 Å². The van der Waals surface area contributed by atoms with Crippen LogP contribution in [0.2, 0.25) is 5.02 Å². The number of halogens is 2. The number of amides is 2. The normalized spacial score (nSPS) is 20.4. The average Bonchev–Trinajstić information content (AvgIpc) is 2.70. The third-order valence-electron chi connectivity index (χ3n) is 4.41. The van der Waals surface area contributed by atoms with E-state index in [0.717, 1.165) is 23.6 Å². The summed E-state index contributed by atoms with van der Waals surface area (Å²) >= 11 is 5.70. The Balaban J connectivity index is 2.10. The van der Waals surface area contributed by atoms with Crippen LogP contribution in [0.5, 0.6) is 0 Å². The third-order valence-corrected chi connectivity index (χ3v) is 6.18. The van der Waals surface area contributed by atoms with Gasteiger partial charge in [-0.2, -0.15) is 0 Å². The van der Waals surface area contributed by atoms with Gasteiger partial charge in [0.1, 0.15) is 11.7 Å². The number of carbonyl (C=O) groups is 2. The molecule has 7 nitrogen and oxygen atoms in total. The number of ether oxygens (including phenoxy) is 1. The number of rotatable bonds is 5. The second-order valence-corrected chi connectivity index (χ2v) is 8.61. The Bertz CT molecular complexity index is 1110. The molecule has 2 aromatic rings. The fraction of sp³-hybridized carbons (Fsp3) is 0.200. The van der Waals surface area contributed by atoms with Crippen LogP contribution in [0.4, 0.5) is 9.18 Å². The second-order valence-electron chi connectivity index (χ2n) is 6.41. The summed E-state index contributed by atoms with van der Waals surface area (Å²) in [6.07, 6.45) is 0. The van der Waals surface area contributed by atoms with E-state index >= 15 is 0 Å². The van der Waals surface area contributed by atoms with Crippen LogP contribution in [0.3, 0.4) is 0 Å². The lowest BCUT2D eigenvalue weighted by Crippen LogP contribution is -2.51. The molecule has 0 aliphatic carbocycles. The summed E-state index contributed by atoms with van der Waals surface area (Å²) in [6, 6.07) is 10.0. The van der Waals surface area contributed by atoms with Crippen LogP contribution in [0.25, 0.3) is 0 Å². The lowest BCUT2D eigenvalue weighted by molar-refractivity contribution is -0.147. The number of nitrogens with one attached hydrogen (secondary N) is 2. The van der Waals surface area contributed by atoms with Crippen molar-refractivity contribution in [1.82, 2.24) is 10.6 Å². The SMILES string of the molecule is CCOC(=O)[C@@H]1C(=CS(=O)(=O)c2ccc(F)c(Cl)c2)NC(=O)N[C@H]1c1ccccc1. The summed E-state index contributed by atoms with van der Waals surface area (Å²) in [5.74, 6) is -2.62. The van der Waals surface area contributed by atoms with Crippen LogP contribution in [-0.2, 0) is 19.4 Å². The first-order chi connectivity index (χ1) is 14.2. The van der Waals surface area contributed by atoms with E-state index in [4.69, 9.17) is 16.3 Å². The standard InChI is InChI=1S/C20H18ClFN2O5S/c1-2-29-19(25)17-16(11-30(27,28)13-8-9-15(22)14(21)10-13)23-20(26)24-18(17)12-6-4-3-5-7-12/h3-11,17-18H,2H2,1H3,(H2,23,24,26)/t17-,18+/m1/s1. The van der Waals surface area contributed by atoms with Crippen molar-refractivity contribution in [2.75, 3.05) is 6.61 Å². The molecule has 1 aliphatic heterocycles. The summed E-state index contributed by atoms with van der Waals surface area (Å²) in [6.45, 7) is 1.68. The van der Waals surface area contributed by atoms with Gasteiger partial charge in [0.05, 0.1) is 28.0 Å². The van der Waals surface area contributed by atoms with Crippen molar-refractivity contribution in [3.63, 3.8) is 0 Å². The Morgan fingerprint density at radius 2 is 1.93 bits per heavy atom. The van der Waals surface area contributed by atoms with Crippen molar-refractivity contribution < 1.29 is 27.1 Å². The zero-order valence-corrected chi connectivity index (χ0v) is 17.3. The molecule has 0 aromatic heterocycles. The molecule has 1 aliphatic rings. The van der Waals surface area contributed by atoms with Crippen molar-refractivity contribution >= 4 is 33.4 Å². The number of sulfone groups is 1. The monoisotopic (exact) mass is 452 g/mol. The Morgan fingerprint density at radius 1 is 1.23 bits per heavy atom. The fourth-order valence-corrected chi connectivity index (χ4v) is 4.53. The molecule has 0 spiro atoms. The molecular weight excluding hydrogens is 435 g/mol. The van der Waals surface area contributed by atoms with E-state index in [-0.39, 0.29) is 22.2 Å². The highest BCUT2D eigenvalue weighted by atomic mass is 35.5. The van der Waals surface area contributed by atoms with Crippen LogP contribution < -0.4 is 10.6 Å². The van der Waals surface area contributed by atoms with Gasteiger partial charge in [-0.1, -0.05) is 41.9 Å². The molecule has 0 unspecified atom stereocenters. The molecule has 0 saturated carbocycles. The van der Waals surface area contributed by atoms with Crippen LogP contribution in [0.15, 0.2) is 64.5 Å². The topological polar surface area (TPSA) is 102 Å². The van der Waals surface area contributed by atoms with Crippen LogP contribution in [0.1, 0.15) is 18.5 Å². The van der Waals surface area contributed by atoms with Gasteiger partial charge in [0.2, 0.25) is 9.84 Å². The zero-order valence-electron chi connectivity index (χ0n) is 15.8. The predicted octanol–water partition coefficient (Wildman–Crippen LogP) is 3.33. The zero-order chi connectivity index (χ0) is 21.9. The van der Waals surface area contributed by atoms with Crippen LogP contribution in [-0.4, -0.2) is 27.0 Å². The molecular formula is C20H18ClFN2O5S. The van der Waals surface area contributed by atoms with Crippen molar-refractivity contribution in [2.45, 2.75) is 17.9 Å². The lowest BCUT2D eigenvalue weighted by atomic mass is 9.89. The molecule has 0 radical (unpaired) electrons. The fourth-order valence-electron chi connectivity index (χ4n) is 3.07. The molecule has 2 aromatic carbocycles. The molecule has 158 valence electrons. The van der Waals surface area contributed by atoms with Crippen molar-refractivity contribution in [2.24, 2.45) is 5.92 Å². The first-order valence-corrected chi connectivity index (χ1v) is 10.9. The molecule has 1 saturated heterocycles. The molecule has 2 atom stereocenters. The number of carbonyl (C=O) groups excluding carboxylic acids is 2. The maximum Gasteiger partial charge on any atom is 0.319 e. The van der Waals surface area contributed by atoms with Crippen molar-refractivity contribution in [3.05, 3.63) is 76.0 Å². The molecule has 0 bridgehead atoms. The minimum absolute atomic E-state index is 0.0678. The van der Waals surface area contributed by atoms with Gasteiger partial charge in [0.15, 0.2) is 0 Å². The smallest absolute Gasteiger partial charge is 0.319 e. The minimum atomic E-state index is -4.17. The minimum Gasteiger partial charge on any atom is -0.465 e. The first-order valence-electron chi connectivity index (χ1n) is 8.93. The van der Waals surface area contributed by atoms with Gasteiger partial charge in [-0.3, -0.25) is 4.79 Å². The van der Waals surface area contributed by atoms with E-state index < -0.39 is 39.6 Å². The molecule has 2 amide bonds. The van der Waals surface area contributed by atoms with Gasteiger partial charge in [-0.05, 0) is 30.7 Å². The van der Waals surface area contributed by atoms with E-state index in [2.05, 4.69) is 10.6 Å². The quantitative estimate of drug-likeness (QED) is 0.535. The maximum atomic E-state index is 13.4. The molecule has 2 N–H and O–H groups in total. The van der Waals surface area contributed by atoms with E-state index in [1.165, 1.54) is 0 Å². The van der Waals surface area contributed by atoms with E-state index in [1.807, 2.05) is 0 Å². The Hall–Kier alpha value is -2.91. The van der Waals surface area contributed by atoms with Gasteiger partial charge < -0.3 is 15.4 Å². The molecule has 3 rings (SSSR count).